The molecule has 0 radical (unpaired) electrons. The Morgan fingerprint density at radius 2 is 1.89 bits per heavy atom. The zero-order valence-corrected chi connectivity index (χ0v) is 12.9. The van der Waals surface area contributed by atoms with E-state index in [1.165, 1.54) is 6.07 Å². The van der Waals surface area contributed by atoms with Crippen molar-refractivity contribution in [3.8, 4) is 0 Å². The summed E-state index contributed by atoms with van der Waals surface area (Å²) in [5.74, 6) is -0.224. The molecule has 0 saturated carbocycles. The molecule has 0 fully saturated rings. The van der Waals surface area contributed by atoms with Crippen molar-refractivity contribution in [1.82, 2.24) is 0 Å². The van der Waals surface area contributed by atoms with Crippen LogP contribution in [-0.2, 0) is 0 Å². The molecule has 0 aliphatic rings. The van der Waals surface area contributed by atoms with Crippen LogP contribution in [0, 0.1) is 5.82 Å². The molecule has 1 nitrogen and oxygen atoms in total. The van der Waals surface area contributed by atoms with E-state index in [0.717, 1.165) is 14.9 Å². The molecule has 19 heavy (non-hydrogen) atoms. The quantitative estimate of drug-likeness (QED) is 0.812. The fourth-order valence-corrected chi connectivity index (χ4v) is 3.54. The van der Waals surface area contributed by atoms with Crippen LogP contribution in [0.3, 0.4) is 0 Å². The number of halogens is 2. The van der Waals surface area contributed by atoms with E-state index in [0.29, 0.717) is 0 Å². The summed E-state index contributed by atoms with van der Waals surface area (Å²) in [4.78, 5) is 1.11. The van der Waals surface area contributed by atoms with E-state index in [2.05, 4.69) is 15.9 Å². The van der Waals surface area contributed by atoms with Gasteiger partial charge in [-0.3, -0.25) is 0 Å². The van der Waals surface area contributed by atoms with Gasteiger partial charge in [-0.15, -0.1) is 11.8 Å². The summed E-state index contributed by atoms with van der Waals surface area (Å²) in [6.45, 7) is 1.94. The van der Waals surface area contributed by atoms with E-state index >= 15 is 0 Å². The molecule has 0 aliphatic carbocycles. The van der Waals surface area contributed by atoms with Gasteiger partial charge in [-0.1, -0.05) is 34.1 Å². The van der Waals surface area contributed by atoms with Crippen LogP contribution < -0.4 is 5.73 Å². The molecule has 2 aromatic carbocycles. The first-order valence-corrected chi connectivity index (χ1v) is 7.67. The molecule has 2 aromatic rings. The van der Waals surface area contributed by atoms with Gasteiger partial charge in [-0.25, -0.2) is 4.39 Å². The predicted octanol–water partition coefficient (Wildman–Crippen LogP) is 4.77. The van der Waals surface area contributed by atoms with Crippen LogP contribution in [0.4, 0.5) is 4.39 Å². The number of hydrogen-bond acceptors (Lipinski definition) is 2. The Kier molecular flexibility index (Phi) is 5.02. The minimum absolute atomic E-state index is 0.0324. The fraction of sp³-hybridized carbons (Fsp3) is 0.200. The van der Waals surface area contributed by atoms with Crippen LogP contribution in [0.25, 0.3) is 0 Å². The Balaban J connectivity index is 2.26. The van der Waals surface area contributed by atoms with Crippen molar-refractivity contribution in [2.24, 2.45) is 5.73 Å². The van der Waals surface area contributed by atoms with Crippen LogP contribution >= 0.6 is 27.7 Å². The highest BCUT2D eigenvalue weighted by Gasteiger charge is 2.18. The number of nitrogens with two attached hydrogens (primary N) is 1. The number of thioether (sulfide) groups is 1. The monoisotopic (exact) mass is 339 g/mol. The van der Waals surface area contributed by atoms with Gasteiger partial charge in [-0.05, 0) is 42.8 Å². The third-order valence-electron chi connectivity index (χ3n) is 2.71. The molecule has 2 atom stereocenters. The summed E-state index contributed by atoms with van der Waals surface area (Å²) in [6.07, 6.45) is 0. The van der Waals surface area contributed by atoms with Gasteiger partial charge in [0.2, 0.25) is 0 Å². The number of benzene rings is 2. The van der Waals surface area contributed by atoms with Crippen molar-refractivity contribution >= 4 is 27.7 Å². The molecule has 0 spiro atoms. The fourth-order valence-electron chi connectivity index (χ4n) is 1.85. The second kappa shape index (κ2) is 6.55. The van der Waals surface area contributed by atoms with Crippen LogP contribution in [0.2, 0.25) is 0 Å². The topological polar surface area (TPSA) is 26.0 Å². The third-order valence-corrected chi connectivity index (χ3v) is 4.69. The van der Waals surface area contributed by atoms with Crippen molar-refractivity contribution < 1.29 is 4.39 Å². The Bertz CT molecular complexity index is 559. The minimum Gasteiger partial charge on any atom is -0.327 e. The lowest BCUT2D eigenvalue weighted by Crippen LogP contribution is -2.22. The molecule has 0 aliphatic heterocycles. The summed E-state index contributed by atoms with van der Waals surface area (Å²) in [7, 11) is 0. The first kappa shape index (κ1) is 14.6. The highest BCUT2D eigenvalue weighted by atomic mass is 79.9. The van der Waals surface area contributed by atoms with Gasteiger partial charge in [0.25, 0.3) is 0 Å². The molecule has 2 unspecified atom stereocenters. The molecule has 0 amide bonds. The maximum absolute atomic E-state index is 13.3. The van der Waals surface area contributed by atoms with Gasteiger partial charge >= 0.3 is 0 Å². The third kappa shape index (κ3) is 4.06. The zero-order chi connectivity index (χ0) is 13.8. The Morgan fingerprint density at radius 3 is 2.53 bits per heavy atom. The summed E-state index contributed by atoms with van der Waals surface area (Å²) >= 11 is 5.10. The molecule has 100 valence electrons. The smallest absolute Gasteiger partial charge is 0.123 e. The highest BCUT2D eigenvalue weighted by molar-refractivity contribution is 9.10. The van der Waals surface area contributed by atoms with Crippen molar-refractivity contribution in [2.75, 3.05) is 0 Å². The highest BCUT2D eigenvalue weighted by Crippen LogP contribution is 2.38. The Labute approximate surface area is 125 Å². The van der Waals surface area contributed by atoms with Crippen LogP contribution in [0.15, 0.2) is 57.9 Å². The minimum atomic E-state index is -0.224. The number of hydrogen-bond donors (Lipinski definition) is 1. The van der Waals surface area contributed by atoms with E-state index < -0.39 is 0 Å². The standard InChI is InChI=1S/C15H15BrFNS/c1-10(18)15(11-4-2-6-13(17)8-11)19-14-7-3-5-12(16)9-14/h2-10,15H,18H2,1H3. The lowest BCUT2D eigenvalue weighted by atomic mass is 10.1. The van der Waals surface area contributed by atoms with E-state index in [1.807, 2.05) is 37.3 Å². The lowest BCUT2D eigenvalue weighted by molar-refractivity contribution is 0.622. The molecule has 0 aromatic heterocycles. The molecule has 0 saturated heterocycles. The van der Waals surface area contributed by atoms with Crippen LogP contribution in [0.5, 0.6) is 0 Å². The van der Waals surface area contributed by atoms with Gasteiger partial charge in [0, 0.05) is 20.7 Å². The maximum Gasteiger partial charge on any atom is 0.123 e. The predicted molar refractivity (Wildman–Crippen MR) is 82.8 cm³/mol. The molecule has 0 bridgehead atoms. The van der Waals surface area contributed by atoms with E-state index in [4.69, 9.17) is 5.73 Å². The average molecular weight is 340 g/mol. The van der Waals surface area contributed by atoms with Gasteiger partial charge in [0.1, 0.15) is 5.82 Å². The summed E-state index contributed by atoms with van der Waals surface area (Å²) in [5, 5.41) is 0.0324. The number of rotatable bonds is 4. The average Bonchev–Trinajstić information content (AvgIpc) is 2.35. The van der Waals surface area contributed by atoms with Crippen molar-refractivity contribution in [1.29, 1.82) is 0 Å². The maximum atomic E-state index is 13.3. The van der Waals surface area contributed by atoms with Gasteiger partial charge in [-0.2, -0.15) is 0 Å². The molecule has 0 heterocycles. The van der Waals surface area contributed by atoms with Crippen LogP contribution in [-0.4, -0.2) is 6.04 Å². The summed E-state index contributed by atoms with van der Waals surface area (Å²) in [6, 6.07) is 14.6. The first-order valence-electron chi connectivity index (χ1n) is 5.99. The van der Waals surface area contributed by atoms with Crippen LogP contribution in [0.1, 0.15) is 17.7 Å². The molecule has 2 N–H and O–H groups in total. The van der Waals surface area contributed by atoms with Crippen molar-refractivity contribution in [3.63, 3.8) is 0 Å². The second-order valence-electron chi connectivity index (χ2n) is 4.41. The lowest BCUT2D eigenvalue weighted by Gasteiger charge is -2.21. The van der Waals surface area contributed by atoms with Gasteiger partial charge in [0.15, 0.2) is 0 Å². The largest absolute Gasteiger partial charge is 0.327 e. The van der Waals surface area contributed by atoms with E-state index in [-0.39, 0.29) is 17.1 Å². The SMILES string of the molecule is CC(N)C(Sc1cccc(Br)c1)c1cccc(F)c1. The summed E-state index contributed by atoms with van der Waals surface area (Å²) < 4.78 is 14.4. The van der Waals surface area contributed by atoms with Gasteiger partial charge in [0.05, 0.1) is 0 Å². The van der Waals surface area contributed by atoms with Crippen molar-refractivity contribution in [3.05, 3.63) is 64.4 Å². The van der Waals surface area contributed by atoms with Crippen molar-refractivity contribution in [2.45, 2.75) is 23.1 Å². The Hall–Kier alpha value is -0.840. The second-order valence-corrected chi connectivity index (χ2v) is 6.54. The molecular formula is C15H15BrFNS. The van der Waals surface area contributed by atoms with E-state index in [9.17, 15) is 4.39 Å². The van der Waals surface area contributed by atoms with Gasteiger partial charge < -0.3 is 5.73 Å². The molecule has 4 heteroatoms. The molecular weight excluding hydrogens is 325 g/mol. The van der Waals surface area contributed by atoms with E-state index in [1.54, 1.807) is 23.9 Å². The normalized spacial score (nSPS) is 14.1. The molecule has 2 rings (SSSR count). The Morgan fingerprint density at radius 1 is 1.16 bits per heavy atom. The summed E-state index contributed by atoms with van der Waals surface area (Å²) in [5.41, 5.74) is 6.97. The zero-order valence-electron chi connectivity index (χ0n) is 10.5. The first-order chi connectivity index (χ1) is 9.06.